The molecule has 2 N–H and O–H groups in total. The first-order chi connectivity index (χ1) is 18.5. The van der Waals surface area contributed by atoms with E-state index in [0.29, 0.717) is 12.3 Å². The number of fused-ring (bicyclic) bond motifs is 1. The molecule has 0 aliphatic carbocycles. The Morgan fingerprint density at radius 3 is 2.42 bits per heavy atom. The largest absolute Gasteiger partial charge is 0.475 e. The van der Waals surface area contributed by atoms with Crippen LogP contribution in [0.5, 0.6) is 0 Å². The summed E-state index contributed by atoms with van der Waals surface area (Å²) in [6.07, 6.45) is 1.25. The summed E-state index contributed by atoms with van der Waals surface area (Å²) in [4.78, 5) is 36.1. The van der Waals surface area contributed by atoms with Gasteiger partial charge in [-0.25, -0.2) is 9.98 Å². The second kappa shape index (κ2) is 12.8. The van der Waals surface area contributed by atoms with Gasteiger partial charge in [0.25, 0.3) is 0 Å². The number of Topliss-reactive ketones (excluding diaryl/α,β-unsaturated/α-hetero) is 1. The zero-order valence-electron chi connectivity index (χ0n) is 25.6. The average molecular weight is 577 g/mol. The second-order valence-corrected chi connectivity index (χ2v) is 14.4. The zero-order valence-corrected chi connectivity index (χ0v) is 26.4. The highest BCUT2D eigenvalue weighted by Crippen LogP contribution is 2.35. The molecule has 1 fully saturated rings. The van der Waals surface area contributed by atoms with Crippen LogP contribution in [0, 0.1) is 29.6 Å². The molecule has 1 unspecified atom stereocenters. The van der Waals surface area contributed by atoms with Crippen molar-refractivity contribution in [3.8, 4) is 0 Å². The van der Waals surface area contributed by atoms with Crippen molar-refractivity contribution < 1.29 is 29.3 Å². The molecule has 8 nitrogen and oxygen atoms in total. The van der Waals surface area contributed by atoms with E-state index in [2.05, 4.69) is 25.8 Å². The average Bonchev–Trinajstić information content (AvgIpc) is 3.46. The smallest absolute Gasteiger partial charge is 0.309 e. The molecule has 0 aromatic carbocycles. The van der Waals surface area contributed by atoms with Crippen LogP contribution in [0.1, 0.15) is 98.2 Å². The van der Waals surface area contributed by atoms with Gasteiger partial charge in [0.2, 0.25) is 0 Å². The molecule has 40 heavy (non-hydrogen) atoms. The SMILES string of the molecule is C/C(=C\c1csc(C)n1)[C@@H]1C[C@@H]2OC(C(C)(C)C)=NC2CCC[C@H](C)[C@H](O)[C@@H](C)C(=O)C(C)(C)[C@@H](O)CC(=O)O1. The summed E-state index contributed by atoms with van der Waals surface area (Å²) < 4.78 is 12.4. The third-order valence-corrected chi connectivity index (χ3v) is 9.15. The number of cyclic esters (lactones) is 1. The maximum absolute atomic E-state index is 13.4. The van der Waals surface area contributed by atoms with Gasteiger partial charge in [-0.3, -0.25) is 9.59 Å². The Balaban J connectivity index is 1.97. The lowest BCUT2D eigenvalue weighted by atomic mass is 9.73. The summed E-state index contributed by atoms with van der Waals surface area (Å²) in [6.45, 7) is 16.9. The first kappa shape index (κ1) is 32.4. The molecule has 0 spiro atoms. The molecule has 0 saturated carbocycles. The summed E-state index contributed by atoms with van der Waals surface area (Å²) in [5.74, 6) is -0.978. The van der Waals surface area contributed by atoms with Crippen molar-refractivity contribution in [3.05, 3.63) is 21.7 Å². The summed E-state index contributed by atoms with van der Waals surface area (Å²) in [5.41, 5.74) is 0.119. The van der Waals surface area contributed by atoms with Gasteiger partial charge in [0.15, 0.2) is 5.90 Å². The summed E-state index contributed by atoms with van der Waals surface area (Å²) in [6, 6.07) is -0.120. The van der Waals surface area contributed by atoms with Crippen molar-refractivity contribution in [2.75, 3.05) is 0 Å². The predicted octanol–water partition coefficient (Wildman–Crippen LogP) is 5.53. The van der Waals surface area contributed by atoms with Gasteiger partial charge in [0, 0.05) is 23.1 Å². The number of ether oxygens (including phenoxy) is 2. The second-order valence-electron chi connectivity index (χ2n) is 13.3. The molecule has 1 aromatic rings. The van der Waals surface area contributed by atoms with Crippen LogP contribution in [0.3, 0.4) is 0 Å². The molecule has 1 saturated heterocycles. The molecule has 2 aliphatic heterocycles. The maximum atomic E-state index is 13.4. The molecule has 9 heteroatoms. The van der Waals surface area contributed by atoms with Gasteiger partial charge in [-0.2, -0.15) is 0 Å². The lowest BCUT2D eigenvalue weighted by molar-refractivity contribution is -0.155. The minimum absolute atomic E-state index is 0.115. The molecule has 0 radical (unpaired) electrons. The first-order valence-corrected chi connectivity index (χ1v) is 15.3. The molecule has 1 aromatic heterocycles. The first-order valence-electron chi connectivity index (χ1n) is 14.5. The van der Waals surface area contributed by atoms with E-state index in [4.69, 9.17) is 14.5 Å². The highest BCUT2D eigenvalue weighted by molar-refractivity contribution is 7.09. The minimum atomic E-state index is -1.26. The molecule has 2 aliphatic rings. The van der Waals surface area contributed by atoms with E-state index in [1.165, 1.54) is 0 Å². The number of thiazole rings is 1. The number of nitrogens with zero attached hydrogens (tertiary/aromatic N) is 2. The Labute approximate surface area is 243 Å². The fourth-order valence-electron chi connectivity index (χ4n) is 5.46. The Bertz CT molecular complexity index is 1120. The number of aryl methyl sites for hydroxylation is 1. The Morgan fingerprint density at radius 1 is 1.15 bits per heavy atom. The van der Waals surface area contributed by atoms with Crippen LogP contribution in [0.4, 0.5) is 0 Å². The van der Waals surface area contributed by atoms with Crippen LogP contribution in [-0.2, 0) is 19.1 Å². The number of rotatable bonds is 2. The van der Waals surface area contributed by atoms with Crippen molar-refractivity contribution in [3.63, 3.8) is 0 Å². The molecular formula is C31H48N2O6S. The van der Waals surface area contributed by atoms with Crippen LogP contribution in [0.15, 0.2) is 15.9 Å². The topological polar surface area (TPSA) is 118 Å². The molecule has 3 heterocycles. The number of carbonyl (C=O) groups is 2. The van der Waals surface area contributed by atoms with Crippen molar-refractivity contribution in [1.29, 1.82) is 0 Å². The molecule has 224 valence electrons. The Morgan fingerprint density at radius 2 is 1.82 bits per heavy atom. The van der Waals surface area contributed by atoms with Gasteiger partial charge >= 0.3 is 5.97 Å². The van der Waals surface area contributed by atoms with Crippen molar-refractivity contribution >= 4 is 35.1 Å². The third-order valence-electron chi connectivity index (χ3n) is 8.35. The van der Waals surface area contributed by atoms with Crippen LogP contribution < -0.4 is 0 Å². The third kappa shape index (κ3) is 7.79. The number of carbonyl (C=O) groups excluding carboxylic acids is 2. The number of ketones is 1. The number of aromatic nitrogens is 1. The Hall–Kier alpha value is -2.10. The number of esters is 1. The van der Waals surface area contributed by atoms with Gasteiger partial charge in [0.05, 0.1) is 40.8 Å². The normalized spacial score (nSPS) is 33.1. The van der Waals surface area contributed by atoms with Crippen molar-refractivity contribution in [2.45, 2.75) is 125 Å². The summed E-state index contributed by atoms with van der Waals surface area (Å²) in [7, 11) is 0. The van der Waals surface area contributed by atoms with E-state index < -0.39 is 35.6 Å². The van der Waals surface area contributed by atoms with Crippen LogP contribution >= 0.6 is 11.3 Å². The summed E-state index contributed by atoms with van der Waals surface area (Å²) in [5, 5.41) is 24.9. The van der Waals surface area contributed by atoms with Crippen LogP contribution in [-0.4, -0.2) is 63.3 Å². The number of hydrogen-bond acceptors (Lipinski definition) is 9. The highest BCUT2D eigenvalue weighted by atomic mass is 32.1. The fraction of sp³-hybridized carbons (Fsp3) is 0.742. The maximum Gasteiger partial charge on any atom is 0.309 e. The van der Waals surface area contributed by atoms with E-state index in [0.717, 1.165) is 35.5 Å². The van der Waals surface area contributed by atoms with E-state index in [9.17, 15) is 19.8 Å². The lowest BCUT2D eigenvalue weighted by Gasteiger charge is -2.35. The van der Waals surface area contributed by atoms with Gasteiger partial charge in [0.1, 0.15) is 18.0 Å². The lowest BCUT2D eigenvalue weighted by Crippen LogP contribution is -2.46. The monoisotopic (exact) mass is 576 g/mol. The highest BCUT2D eigenvalue weighted by Gasteiger charge is 2.43. The molecular weight excluding hydrogens is 528 g/mol. The number of aliphatic imine (C=N–C) groups is 1. The molecule has 0 bridgehead atoms. The van der Waals surface area contributed by atoms with E-state index in [1.54, 1.807) is 32.1 Å². The van der Waals surface area contributed by atoms with E-state index in [1.807, 2.05) is 32.2 Å². The standard InChI is InChI=1S/C31H48N2O6S/c1-17-11-10-12-22-24(39-29(33-22)30(5,6)7)14-23(18(2)13-21-16-40-20(4)32-21)38-26(35)15-25(34)31(8,9)28(37)19(3)27(17)36/h13,16-17,19,22-25,27,34,36H,10-12,14-15H2,1-9H3/b18-13+/t17-,19+,22?,23-,24-,25-,27-/m0/s1. The van der Waals surface area contributed by atoms with Gasteiger partial charge < -0.3 is 19.7 Å². The number of hydrogen-bond donors (Lipinski definition) is 2. The molecule has 0 amide bonds. The van der Waals surface area contributed by atoms with Crippen LogP contribution in [0.2, 0.25) is 0 Å². The zero-order chi connectivity index (χ0) is 30.0. The van der Waals surface area contributed by atoms with Gasteiger partial charge in [-0.15, -0.1) is 11.3 Å². The number of aliphatic hydroxyl groups excluding tert-OH is 2. The van der Waals surface area contributed by atoms with Crippen molar-refractivity contribution in [1.82, 2.24) is 4.98 Å². The van der Waals surface area contributed by atoms with E-state index in [-0.39, 0.29) is 35.7 Å². The van der Waals surface area contributed by atoms with Crippen molar-refractivity contribution in [2.24, 2.45) is 27.7 Å². The molecule has 3 rings (SSSR count). The Kier molecular flexibility index (Phi) is 10.4. The quantitative estimate of drug-likeness (QED) is 0.444. The molecule has 7 atom stereocenters. The van der Waals surface area contributed by atoms with E-state index >= 15 is 0 Å². The van der Waals surface area contributed by atoms with Gasteiger partial charge in [-0.1, -0.05) is 54.9 Å². The predicted molar refractivity (Wildman–Crippen MR) is 158 cm³/mol. The minimum Gasteiger partial charge on any atom is -0.475 e. The number of aliphatic hydroxyl groups is 2. The van der Waals surface area contributed by atoms with Gasteiger partial charge in [-0.05, 0) is 44.3 Å². The van der Waals surface area contributed by atoms with Crippen LogP contribution in [0.25, 0.3) is 6.08 Å². The summed E-state index contributed by atoms with van der Waals surface area (Å²) >= 11 is 1.55. The fourth-order valence-corrected chi connectivity index (χ4v) is 6.03.